The van der Waals surface area contributed by atoms with E-state index < -0.39 is 47.9 Å². The molecule has 33 heavy (non-hydrogen) atoms. The van der Waals surface area contributed by atoms with Gasteiger partial charge in [0.25, 0.3) is 0 Å². The summed E-state index contributed by atoms with van der Waals surface area (Å²) in [6.45, 7) is 3.69. The number of carboxylic acid groups (broad SMARTS) is 1. The zero-order chi connectivity index (χ0) is 25.0. The highest BCUT2D eigenvalue weighted by Gasteiger charge is 2.32. The van der Waals surface area contributed by atoms with Crippen LogP contribution >= 0.6 is 24.4 Å². The summed E-state index contributed by atoms with van der Waals surface area (Å²) in [6.07, 6.45) is 5.94. The molecule has 1 aromatic rings. The van der Waals surface area contributed by atoms with Crippen LogP contribution in [0.3, 0.4) is 0 Å². The Hall–Kier alpha value is -2.25. The minimum Gasteiger partial charge on any atom is -0.480 e. The molecule has 13 heteroatoms. The van der Waals surface area contributed by atoms with Crippen LogP contribution in [0.4, 0.5) is 0 Å². The molecule has 0 saturated carbocycles. The number of nitrogens with zero attached hydrogens (tertiary/aromatic N) is 1. The third kappa shape index (κ3) is 9.64. The van der Waals surface area contributed by atoms with Gasteiger partial charge in [-0.3, -0.25) is 14.4 Å². The highest BCUT2D eigenvalue weighted by molar-refractivity contribution is 7.98. The molecule has 1 aromatic heterocycles. The van der Waals surface area contributed by atoms with E-state index in [0.717, 1.165) is 0 Å². The molecular weight excluding hydrogens is 468 g/mol. The van der Waals surface area contributed by atoms with E-state index in [-0.39, 0.29) is 18.1 Å². The monoisotopic (exact) mass is 502 g/mol. The largest absolute Gasteiger partial charge is 0.480 e. The lowest BCUT2D eigenvalue weighted by Crippen LogP contribution is -2.59. The summed E-state index contributed by atoms with van der Waals surface area (Å²) in [4.78, 5) is 56.5. The maximum Gasteiger partial charge on any atom is 0.327 e. The maximum absolute atomic E-state index is 13.1. The molecule has 0 radical (unpaired) electrons. The van der Waals surface area contributed by atoms with Crippen molar-refractivity contribution < 1.29 is 24.3 Å². The predicted molar refractivity (Wildman–Crippen MR) is 130 cm³/mol. The van der Waals surface area contributed by atoms with Crippen molar-refractivity contribution in [2.75, 3.05) is 17.8 Å². The summed E-state index contributed by atoms with van der Waals surface area (Å²) < 4.78 is 0. The third-order valence-electron chi connectivity index (χ3n) is 5.17. The van der Waals surface area contributed by atoms with Crippen LogP contribution in [-0.2, 0) is 25.6 Å². The first kappa shape index (κ1) is 28.8. The zero-order valence-corrected chi connectivity index (χ0v) is 20.7. The second-order valence-electron chi connectivity index (χ2n) is 7.68. The first-order chi connectivity index (χ1) is 15.6. The van der Waals surface area contributed by atoms with E-state index in [1.54, 1.807) is 11.8 Å². The molecule has 5 unspecified atom stereocenters. The number of hydrogen-bond donors (Lipinski definition) is 7. The molecule has 3 amide bonds. The van der Waals surface area contributed by atoms with Gasteiger partial charge in [0, 0.05) is 24.1 Å². The smallest absolute Gasteiger partial charge is 0.327 e. The van der Waals surface area contributed by atoms with Crippen LogP contribution in [0.15, 0.2) is 12.5 Å². The van der Waals surface area contributed by atoms with E-state index in [0.29, 0.717) is 24.3 Å². The van der Waals surface area contributed by atoms with Crippen LogP contribution in [0.25, 0.3) is 0 Å². The predicted octanol–water partition coefficient (Wildman–Crippen LogP) is -0.452. The summed E-state index contributed by atoms with van der Waals surface area (Å²) >= 11 is 5.52. The van der Waals surface area contributed by atoms with E-state index >= 15 is 0 Å². The Balaban J connectivity index is 3.02. The lowest BCUT2D eigenvalue weighted by molar-refractivity contribution is -0.141. The quantitative estimate of drug-likeness (QED) is 0.158. The van der Waals surface area contributed by atoms with E-state index in [1.807, 2.05) is 20.1 Å². The molecule has 0 aliphatic heterocycles. The highest BCUT2D eigenvalue weighted by Crippen LogP contribution is 2.10. The van der Waals surface area contributed by atoms with Gasteiger partial charge in [-0.05, 0) is 24.3 Å². The minimum absolute atomic E-state index is 0.0465. The molecule has 0 saturated heterocycles. The second kappa shape index (κ2) is 14.8. The number of carbonyl (C=O) groups is 4. The van der Waals surface area contributed by atoms with E-state index in [4.69, 9.17) is 5.73 Å². The average Bonchev–Trinajstić information content (AvgIpc) is 3.30. The number of nitrogens with one attached hydrogen (secondary N) is 4. The number of carbonyl (C=O) groups excluding carboxylic acids is 3. The Kier molecular flexibility index (Phi) is 12.9. The molecule has 1 heterocycles. The molecule has 0 spiro atoms. The SMILES string of the molecule is CCC(C)C(NC(=O)C(N)CCSC)C(=O)NC(Cc1cnc[nH]1)C(=O)NC(CS)C(=O)O. The van der Waals surface area contributed by atoms with Crippen LogP contribution in [0, 0.1) is 5.92 Å². The van der Waals surface area contributed by atoms with Gasteiger partial charge in [-0.1, -0.05) is 20.3 Å². The Morgan fingerprint density at radius 3 is 2.36 bits per heavy atom. The first-order valence-electron chi connectivity index (χ1n) is 10.6. The van der Waals surface area contributed by atoms with Gasteiger partial charge in [0.1, 0.15) is 18.1 Å². The Bertz CT molecular complexity index is 779. The van der Waals surface area contributed by atoms with E-state index in [1.165, 1.54) is 12.5 Å². The van der Waals surface area contributed by atoms with Crippen molar-refractivity contribution in [3.63, 3.8) is 0 Å². The second-order valence-corrected chi connectivity index (χ2v) is 9.03. The number of rotatable bonds is 15. The van der Waals surface area contributed by atoms with Gasteiger partial charge in [-0.25, -0.2) is 9.78 Å². The fraction of sp³-hybridized carbons (Fsp3) is 0.650. The van der Waals surface area contributed by atoms with E-state index in [2.05, 4.69) is 38.5 Å². The molecule has 1 rings (SSSR count). The Morgan fingerprint density at radius 1 is 1.18 bits per heavy atom. The molecule has 5 atom stereocenters. The number of H-pyrrole nitrogens is 1. The van der Waals surface area contributed by atoms with Crippen molar-refractivity contribution in [3.05, 3.63) is 18.2 Å². The molecule has 0 aromatic carbocycles. The molecular formula is C20H34N6O5S2. The van der Waals surface area contributed by atoms with Gasteiger partial charge in [0.2, 0.25) is 17.7 Å². The van der Waals surface area contributed by atoms with Crippen molar-refractivity contribution in [1.29, 1.82) is 0 Å². The van der Waals surface area contributed by atoms with Crippen LogP contribution in [0.5, 0.6) is 0 Å². The average molecular weight is 503 g/mol. The third-order valence-corrected chi connectivity index (χ3v) is 6.18. The van der Waals surface area contributed by atoms with Crippen molar-refractivity contribution in [2.24, 2.45) is 11.7 Å². The van der Waals surface area contributed by atoms with Crippen molar-refractivity contribution in [2.45, 2.75) is 57.3 Å². The number of aromatic amines is 1. The summed E-state index contributed by atoms with van der Waals surface area (Å²) in [5, 5.41) is 17.0. The van der Waals surface area contributed by atoms with Gasteiger partial charge in [-0.2, -0.15) is 24.4 Å². The lowest BCUT2D eigenvalue weighted by Gasteiger charge is -2.27. The van der Waals surface area contributed by atoms with Gasteiger partial charge in [-0.15, -0.1) is 0 Å². The fourth-order valence-corrected chi connectivity index (χ4v) is 3.62. The number of carboxylic acids is 1. The summed E-state index contributed by atoms with van der Waals surface area (Å²) in [7, 11) is 0. The summed E-state index contributed by atoms with van der Waals surface area (Å²) in [5.41, 5.74) is 6.50. The standard InChI is InChI=1S/C20H34N6O5S2/c1-4-11(2)16(26-17(27)13(21)5-6-33-3)19(29)24-14(7-12-8-22-10-23-12)18(28)25-15(9-32)20(30)31/h8,10-11,13-16,32H,4-7,9,21H2,1-3H3,(H,22,23)(H,24,29)(H,25,28)(H,26,27)(H,30,31). The fourth-order valence-electron chi connectivity index (χ4n) is 2.88. The molecule has 0 fully saturated rings. The number of imidazole rings is 1. The van der Waals surface area contributed by atoms with Crippen molar-refractivity contribution in [3.8, 4) is 0 Å². The number of amides is 3. The number of aliphatic carboxylic acids is 1. The van der Waals surface area contributed by atoms with Gasteiger partial charge in [0.15, 0.2) is 0 Å². The number of nitrogens with two attached hydrogens (primary N) is 1. The number of thioether (sulfide) groups is 1. The molecule has 7 N–H and O–H groups in total. The van der Waals surface area contributed by atoms with Crippen LogP contribution < -0.4 is 21.7 Å². The topological polar surface area (TPSA) is 179 Å². The van der Waals surface area contributed by atoms with Gasteiger partial charge in [0.05, 0.1) is 12.4 Å². The summed E-state index contributed by atoms with van der Waals surface area (Å²) in [6, 6.07) is -4.00. The van der Waals surface area contributed by atoms with Gasteiger partial charge >= 0.3 is 5.97 Å². The minimum atomic E-state index is -1.24. The summed E-state index contributed by atoms with van der Waals surface area (Å²) in [5.74, 6) is -2.59. The van der Waals surface area contributed by atoms with Crippen LogP contribution in [0.2, 0.25) is 0 Å². The molecule has 0 bridgehead atoms. The normalized spacial score (nSPS) is 15.5. The van der Waals surface area contributed by atoms with Gasteiger partial charge < -0.3 is 31.8 Å². The number of aromatic nitrogens is 2. The van der Waals surface area contributed by atoms with Crippen LogP contribution in [0.1, 0.15) is 32.4 Å². The van der Waals surface area contributed by atoms with E-state index in [9.17, 15) is 24.3 Å². The first-order valence-corrected chi connectivity index (χ1v) is 12.6. The van der Waals surface area contributed by atoms with Crippen molar-refractivity contribution >= 4 is 48.1 Å². The highest BCUT2D eigenvalue weighted by atomic mass is 32.2. The lowest BCUT2D eigenvalue weighted by atomic mass is 9.97. The zero-order valence-electron chi connectivity index (χ0n) is 19.0. The van der Waals surface area contributed by atoms with Crippen molar-refractivity contribution in [1.82, 2.24) is 25.9 Å². The number of thiol groups is 1. The molecule has 186 valence electrons. The Labute approximate surface area is 203 Å². The molecule has 0 aliphatic rings. The Morgan fingerprint density at radius 2 is 1.85 bits per heavy atom. The van der Waals surface area contributed by atoms with Crippen LogP contribution in [-0.4, -0.2) is 80.7 Å². The number of hydrogen-bond acceptors (Lipinski definition) is 8. The maximum atomic E-state index is 13.1. The molecule has 0 aliphatic carbocycles. The molecule has 11 nitrogen and oxygen atoms in total.